The van der Waals surface area contributed by atoms with E-state index in [4.69, 9.17) is 5.11 Å². The van der Waals surface area contributed by atoms with Gasteiger partial charge in [-0.15, -0.1) is 0 Å². The Balaban J connectivity index is 1.25. The number of benzene rings is 1. The van der Waals surface area contributed by atoms with Crippen molar-refractivity contribution >= 4 is 39.1 Å². The average molecular weight is 541 g/mol. The Bertz CT molecular complexity index is 1340. The fraction of sp³-hybridized carbons (Fsp3) is 0.593. The Morgan fingerprint density at radius 2 is 1.87 bits per heavy atom. The quantitative estimate of drug-likeness (QED) is 0.466. The first-order valence-corrected chi connectivity index (χ1v) is 15.3. The minimum atomic E-state index is -3.68. The summed E-state index contributed by atoms with van der Waals surface area (Å²) in [6.07, 6.45) is 7.13. The molecule has 4 aliphatic rings. The summed E-state index contributed by atoms with van der Waals surface area (Å²) in [5.41, 5.74) is 2.80. The summed E-state index contributed by atoms with van der Waals surface area (Å²) in [5.74, 6) is 2.04. The number of aliphatic hydroxyl groups excluding tert-OH is 1. The van der Waals surface area contributed by atoms with Crippen LogP contribution in [0.5, 0.6) is 0 Å². The minimum absolute atomic E-state index is 0.290. The second-order valence-electron chi connectivity index (χ2n) is 11.5. The molecule has 11 heteroatoms. The Morgan fingerprint density at radius 3 is 2.58 bits per heavy atom. The summed E-state index contributed by atoms with van der Waals surface area (Å²) in [4.78, 5) is 27.3. The number of nitrogens with zero attached hydrogens (tertiary/aromatic N) is 4. The molecule has 1 aromatic heterocycles. The van der Waals surface area contributed by atoms with Crippen molar-refractivity contribution in [2.75, 3.05) is 58.4 Å². The third-order valence-electron chi connectivity index (χ3n) is 8.66. The van der Waals surface area contributed by atoms with Crippen molar-refractivity contribution < 1.29 is 18.3 Å². The van der Waals surface area contributed by atoms with Gasteiger partial charge in [0.15, 0.2) is 0 Å². The van der Waals surface area contributed by atoms with Crippen molar-refractivity contribution in [1.29, 1.82) is 0 Å². The topological polar surface area (TPSA) is 128 Å². The van der Waals surface area contributed by atoms with Gasteiger partial charge < -0.3 is 20.2 Å². The van der Waals surface area contributed by atoms with Crippen LogP contribution >= 0.6 is 0 Å². The first-order chi connectivity index (χ1) is 18.2. The Kier molecular flexibility index (Phi) is 6.46. The van der Waals surface area contributed by atoms with Crippen molar-refractivity contribution in [2.45, 2.75) is 45.4 Å². The van der Waals surface area contributed by atoms with E-state index < -0.39 is 16.6 Å². The number of carbonyl (C=O) groups is 1. The fourth-order valence-corrected chi connectivity index (χ4v) is 6.83. The lowest BCUT2D eigenvalue weighted by Crippen LogP contribution is -2.36. The number of anilines is 4. The molecular weight excluding hydrogens is 504 g/mol. The Morgan fingerprint density at radius 1 is 1.08 bits per heavy atom. The summed E-state index contributed by atoms with van der Waals surface area (Å²) in [5, 5.41) is 12.1. The van der Waals surface area contributed by atoms with Crippen molar-refractivity contribution in [3.05, 3.63) is 35.5 Å². The normalized spacial score (nSPS) is 23.6. The monoisotopic (exact) mass is 540 g/mol. The van der Waals surface area contributed by atoms with Gasteiger partial charge >= 0.3 is 0 Å². The number of carbonyl (C=O) groups excluding carboxylic acids is 1. The van der Waals surface area contributed by atoms with Crippen molar-refractivity contribution in [3.63, 3.8) is 0 Å². The lowest BCUT2D eigenvalue weighted by atomic mass is 9.93. The third-order valence-corrected chi connectivity index (χ3v) is 9.92. The smallest absolute Gasteiger partial charge is 0.258 e. The van der Waals surface area contributed by atoms with Crippen molar-refractivity contribution in [1.82, 2.24) is 9.97 Å². The molecule has 0 radical (unpaired) electrons. The molecule has 2 aromatic rings. The van der Waals surface area contributed by atoms with Gasteiger partial charge in [0.25, 0.3) is 5.91 Å². The average Bonchev–Trinajstić information content (AvgIpc) is 3.80. The summed E-state index contributed by atoms with van der Waals surface area (Å²) < 4.78 is 27.1. The van der Waals surface area contributed by atoms with Gasteiger partial charge in [-0.2, -0.15) is 4.98 Å². The van der Waals surface area contributed by atoms with Crippen LogP contribution in [0.2, 0.25) is 0 Å². The van der Waals surface area contributed by atoms with E-state index in [0.717, 1.165) is 56.6 Å². The van der Waals surface area contributed by atoms with Crippen molar-refractivity contribution in [2.24, 2.45) is 17.3 Å². The molecule has 1 spiro atoms. The van der Waals surface area contributed by atoms with Crippen LogP contribution in [-0.4, -0.2) is 67.9 Å². The molecule has 1 aromatic carbocycles. The maximum atomic E-state index is 13.6. The molecule has 2 aliphatic carbocycles. The summed E-state index contributed by atoms with van der Waals surface area (Å²) in [7, 11) is -3.68. The number of hydrogen-bond donors (Lipinski definition) is 3. The summed E-state index contributed by atoms with van der Waals surface area (Å²) >= 11 is 0. The molecule has 0 unspecified atom stereocenters. The lowest BCUT2D eigenvalue weighted by Gasteiger charge is -2.35. The molecular formula is C27H36N6O4S. The molecule has 10 nitrogen and oxygen atoms in total. The number of aryl methyl sites for hydroxylation is 1. The van der Waals surface area contributed by atoms with Crippen LogP contribution < -0.4 is 19.8 Å². The van der Waals surface area contributed by atoms with Crippen molar-refractivity contribution in [3.8, 4) is 0 Å². The molecule has 2 atom stereocenters. The Labute approximate surface area is 223 Å². The van der Waals surface area contributed by atoms with E-state index in [1.807, 2.05) is 6.92 Å². The lowest BCUT2D eigenvalue weighted by molar-refractivity contribution is 0.102. The number of aromatic nitrogens is 2. The molecule has 2 saturated carbocycles. The maximum Gasteiger partial charge on any atom is 0.258 e. The van der Waals surface area contributed by atoms with Gasteiger partial charge in [0, 0.05) is 37.9 Å². The zero-order chi connectivity index (χ0) is 26.5. The van der Waals surface area contributed by atoms with E-state index in [0.29, 0.717) is 34.1 Å². The van der Waals surface area contributed by atoms with E-state index in [9.17, 15) is 13.2 Å². The van der Waals surface area contributed by atoms with Gasteiger partial charge in [0.1, 0.15) is 5.82 Å². The number of aliphatic hydroxyl groups is 1. The highest BCUT2D eigenvalue weighted by Gasteiger charge is 2.45. The molecule has 38 heavy (non-hydrogen) atoms. The maximum absolute atomic E-state index is 13.6. The number of hydrogen-bond acceptors (Lipinski definition) is 8. The number of sulfonamides is 1. The second kappa shape index (κ2) is 9.68. The van der Waals surface area contributed by atoms with E-state index in [2.05, 4.69) is 29.8 Å². The Hall–Kier alpha value is -2.92. The fourth-order valence-electron chi connectivity index (χ4n) is 6.01. The largest absolute Gasteiger partial charge is 0.395 e. The van der Waals surface area contributed by atoms with Gasteiger partial charge in [-0.05, 0) is 80.9 Å². The number of rotatable bonds is 8. The number of amides is 1. The van der Waals surface area contributed by atoms with Crippen LogP contribution in [0.15, 0.2) is 24.3 Å². The molecule has 6 rings (SSSR count). The van der Waals surface area contributed by atoms with Crippen LogP contribution in [0.4, 0.5) is 23.1 Å². The van der Waals surface area contributed by atoms with Crippen LogP contribution in [0, 0.1) is 24.2 Å². The predicted octanol–water partition coefficient (Wildman–Crippen LogP) is 3.00. The van der Waals surface area contributed by atoms with E-state index in [1.165, 1.54) is 25.7 Å². The van der Waals surface area contributed by atoms with Gasteiger partial charge in [0.2, 0.25) is 16.0 Å². The molecule has 204 valence electrons. The predicted molar refractivity (Wildman–Crippen MR) is 147 cm³/mol. The van der Waals surface area contributed by atoms with Crippen LogP contribution in [-0.2, 0) is 10.0 Å². The summed E-state index contributed by atoms with van der Waals surface area (Å²) in [6, 6.07) is 6.76. The molecule has 1 amide bonds. The number of nitrogens with one attached hydrogen (secondary N) is 2. The van der Waals surface area contributed by atoms with Gasteiger partial charge in [0.05, 0.1) is 29.3 Å². The van der Waals surface area contributed by atoms with Gasteiger partial charge in [-0.25, -0.2) is 13.4 Å². The molecule has 4 fully saturated rings. The molecule has 2 saturated heterocycles. The van der Waals surface area contributed by atoms with E-state index in [-0.39, 0.29) is 11.7 Å². The molecule has 3 N–H and O–H groups in total. The second-order valence-corrected chi connectivity index (χ2v) is 13.3. The molecule has 3 heterocycles. The van der Waals surface area contributed by atoms with Crippen LogP contribution in [0.3, 0.4) is 0 Å². The number of fused-ring (bicyclic) bond motifs is 1. The van der Waals surface area contributed by atoms with Crippen LogP contribution in [0.25, 0.3) is 0 Å². The standard InChI is InChI=1S/C27H36N6O4S/c1-18-14-24(30-26(28-18)33-9-4-19-15-20(19)17-33)29-25(35)22-3-2-21(31-38(36,37)13-12-34)16-23(22)32-10-7-27(5-6-27)8-11-32/h2-3,14,16,19-20,31,34H,4-13,15,17H2,1H3,(H,28,29,30,35)/t19-,20-/m0/s1. The highest BCUT2D eigenvalue weighted by atomic mass is 32.2. The van der Waals surface area contributed by atoms with E-state index >= 15 is 0 Å². The number of piperidine rings is 2. The highest BCUT2D eigenvalue weighted by Crippen LogP contribution is 2.54. The highest BCUT2D eigenvalue weighted by molar-refractivity contribution is 7.92. The molecule has 2 aliphatic heterocycles. The minimum Gasteiger partial charge on any atom is -0.395 e. The van der Waals surface area contributed by atoms with Gasteiger partial charge in [-0.3, -0.25) is 9.52 Å². The zero-order valence-corrected chi connectivity index (χ0v) is 22.6. The summed E-state index contributed by atoms with van der Waals surface area (Å²) in [6.45, 7) is 4.99. The molecule has 0 bridgehead atoms. The first-order valence-electron chi connectivity index (χ1n) is 13.6. The SMILES string of the molecule is Cc1cc(NC(=O)c2ccc(NS(=O)(=O)CCO)cc2N2CCC3(CC2)CC3)nc(N2CC[C@H]3C[C@H]3C2)n1. The zero-order valence-electron chi connectivity index (χ0n) is 21.8. The first kappa shape index (κ1) is 25.4. The van der Waals surface area contributed by atoms with Gasteiger partial charge in [-0.1, -0.05) is 0 Å². The van der Waals surface area contributed by atoms with Crippen LogP contribution in [0.1, 0.15) is 54.6 Å². The third kappa shape index (κ3) is 5.44. The van der Waals surface area contributed by atoms with E-state index in [1.54, 1.807) is 24.3 Å².